The average Bonchev–Trinajstić information content (AvgIpc) is 2.53. The van der Waals surface area contributed by atoms with Crippen molar-refractivity contribution in [3.8, 4) is 5.75 Å². The number of ether oxygens (including phenoxy) is 1. The van der Waals surface area contributed by atoms with E-state index in [9.17, 15) is 9.59 Å². The lowest BCUT2D eigenvalue weighted by Crippen LogP contribution is -2.35. The van der Waals surface area contributed by atoms with E-state index in [0.717, 1.165) is 12.8 Å². The van der Waals surface area contributed by atoms with Crippen molar-refractivity contribution in [2.45, 2.75) is 45.1 Å². The average molecular weight is 356 g/mol. The van der Waals surface area contributed by atoms with Gasteiger partial charge in [0.15, 0.2) is 0 Å². The summed E-state index contributed by atoms with van der Waals surface area (Å²) >= 11 is 0. The van der Waals surface area contributed by atoms with Crippen LogP contribution in [-0.2, 0) is 9.59 Å². The summed E-state index contributed by atoms with van der Waals surface area (Å²) in [4.78, 5) is 25.8. The molecule has 0 aromatic heterocycles. The first-order chi connectivity index (χ1) is 11.0. The summed E-state index contributed by atoms with van der Waals surface area (Å²) in [6, 6.07) is 5.35. The molecule has 0 radical (unpaired) electrons. The van der Waals surface area contributed by atoms with E-state index in [-0.39, 0.29) is 30.3 Å². The summed E-state index contributed by atoms with van der Waals surface area (Å²) in [5, 5.41) is 2.85. The Morgan fingerprint density at radius 1 is 1.42 bits per heavy atom. The van der Waals surface area contributed by atoms with Gasteiger partial charge < -0.3 is 20.7 Å². The molecule has 1 aliphatic rings. The summed E-state index contributed by atoms with van der Waals surface area (Å²) in [5.41, 5.74) is 7.04. The minimum Gasteiger partial charge on any atom is -0.495 e. The van der Waals surface area contributed by atoms with Crippen LogP contribution in [0.5, 0.6) is 5.75 Å². The second kappa shape index (κ2) is 9.49. The molecule has 1 aliphatic heterocycles. The molecule has 0 aliphatic carbocycles. The maximum Gasteiger partial charge on any atom is 0.227 e. The number of carbonyl (C=O) groups excluding carboxylic acids is 2. The van der Waals surface area contributed by atoms with Crippen LogP contribution in [0.2, 0.25) is 0 Å². The molecule has 7 heteroatoms. The van der Waals surface area contributed by atoms with Crippen molar-refractivity contribution in [1.29, 1.82) is 0 Å². The number of nitrogens with two attached hydrogens (primary N) is 1. The number of carbonyl (C=O) groups is 2. The third-order valence-corrected chi connectivity index (χ3v) is 3.90. The molecule has 134 valence electrons. The van der Waals surface area contributed by atoms with Gasteiger partial charge in [0.2, 0.25) is 11.8 Å². The maximum atomic E-state index is 12.1. The van der Waals surface area contributed by atoms with Crippen LogP contribution in [0.15, 0.2) is 18.2 Å². The summed E-state index contributed by atoms with van der Waals surface area (Å²) < 4.78 is 5.36. The highest BCUT2D eigenvalue weighted by molar-refractivity contribution is 5.97. The largest absolute Gasteiger partial charge is 0.495 e. The Balaban J connectivity index is 0.00000288. The maximum absolute atomic E-state index is 12.1. The molecule has 24 heavy (non-hydrogen) atoms. The topological polar surface area (TPSA) is 84.7 Å². The number of hydrogen-bond donors (Lipinski definition) is 2. The number of benzene rings is 1. The summed E-state index contributed by atoms with van der Waals surface area (Å²) in [7, 11) is 1.58. The van der Waals surface area contributed by atoms with Gasteiger partial charge >= 0.3 is 0 Å². The highest BCUT2D eigenvalue weighted by Crippen LogP contribution is 2.33. The van der Waals surface area contributed by atoms with Crippen LogP contribution < -0.4 is 20.7 Å². The number of rotatable bonds is 6. The van der Waals surface area contributed by atoms with E-state index < -0.39 is 0 Å². The van der Waals surface area contributed by atoms with Gasteiger partial charge in [-0.15, -0.1) is 12.4 Å². The van der Waals surface area contributed by atoms with Crippen LogP contribution in [-0.4, -0.2) is 31.5 Å². The molecular formula is C17H26ClN3O3. The SMILES string of the molecule is COc1ccc(NC(=O)CCC(C)N)cc1N1CCCCC1=O.Cl. The zero-order valence-corrected chi connectivity index (χ0v) is 15.0. The minimum atomic E-state index is -0.0802. The van der Waals surface area contributed by atoms with E-state index in [0.29, 0.717) is 42.9 Å². The molecule has 3 N–H and O–H groups in total. The van der Waals surface area contributed by atoms with E-state index in [4.69, 9.17) is 10.5 Å². The zero-order valence-electron chi connectivity index (χ0n) is 14.2. The van der Waals surface area contributed by atoms with Crippen LogP contribution in [0.25, 0.3) is 0 Å². The zero-order chi connectivity index (χ0) is 16.8. The molecule has 1 saturated heterocycles. The molecule has 0 bridgehead atoms. The molecule has 1 aromatic rings. The molecule has 1 heterocycles. The van der Waals surface area contributed by atoms with Gasteiger partial charge in [-0.3, -0.25) is 9.59 Å². The molecule has 0 spiro atoms. The van der Waals surface area contributed by atoms with E-state index in [1.807, 2.05) is 6.92 Å². The predicted molar refractivity (Wildman–Crippen MR) is 98.0 cm³/mol. The van der Waals surface area contributed by atoms with Gasteiger partial charge in [0, 0.05) is 31.1 Å². The van der Waals surface area contributed by atoms with Gasteiger partial charge in [-0.25, -0.2) is 0 Å². The second-order valence-corrected chi connectivity index (χ2v) is 5.95. The van der Waals surface area contributed by atoms with Crippen molar-refractivity contribution < 1.29 is 14.3 Å². The Labute approximate surface area is 149 Å². The lowest BCUT2D eigenvalue weighted by atomic mass is 10.1. The molecular weight excluding hydrogens is 330 g/mol. The van der Waals surface area contributed by atoms with Crippen molar-refractivity contribution in [1.82, 2.24) is 0 Å². The number of methoxy groups -OCH3 is 1. The Morgan fingerprint density at radius 2 is 2.17 bits per heavy atom. The van der Waals surface area contributed by atoms with Crippen LogP contribution in [0.3, 0.4) is 0 Å². The molecule has 1 aromatic carbocycles. The van der Waals surface area contributed by atoms with E-state index in [1.54, 1.807) is 30.2 Å². The van der Waals surface area contributed by atoms with Crippen LogP contribution >= 0.6 is 12.4 Å². The lowest BCUT2D eigenvalue weighted by molar-refractivity contribution is -0.119. The Hall–Kier alpha value is -1.79. The Kier molecular flexibility index (Phi) is 8.01. The fourth-order valence-electron chi connectivity index (χ4n) is 2.62. The molecule has 0 saturated carbocycles. The standard InChI is InChI=1S/C17H25N3O3.ClH/c1-12(18)6-9-16(21)19-13-7-8-15(23-2)14(11-13)20-10-4-3-5-17(20)22;/h7-8,11-12H,3-6,9-10,18H2,1-2H3,(H,19,21);1H. The van der Waals surface area contributed by atoms with Crippen LogP contribution in [0.1, 0.15) is 39.0 Å². The summed E-state index contributed by atoms with van der Waals surface area (Å²) in [5.74, 6) is 0.646. The third kappa shape index (κ3) is 5.39. The van der Waals surface area contributed by atoms with Gasteiger partial charge in [-0.05, 0) is 44.4 Å². The van der Waals surface area contributed by atoms with Crippen LogP contribution in [0.4, 0.5) is 11.4 Å². The molecule has 1 fully saturated rings. The minimum absolute atomic E-state index is 0. The van der Waals surface area contributed by atoms with Crippen molar-refractivity contribution in [3.63, 3.8) is 0 Å². The summed E-state index contributed by atoms with van der Waals surface area (Å²) in [6.45, 7) is 2.55. The van der Waals surface area contributed by atoms with E-state index in [2.05, 4.69) is 5.32 Å². The second-order valence-electron chi connectivity index (χ2n) is 5.95. The van der Waals surface area contributed by atoms with E-state index in [1.165, 1.54) is 0 Å². The first kappa shape index (κ1) is 20.3. The van der Waals surface area contributed by atoms with Crippen LogP contribution in [0, 0.1) is 0 Å². The Bertz CT molecular complexity index is 578. The molecule has 2 amide bonds. The van der Waals surface area contributed by atoms with Gasteiger partial charge in [0.25, 0.3) is 0 Å². The molecule has 6 nitrogen and oxygen atoms in total. The number of amides is 2. The number of nitrogens with zero attached hydrogens (tertiary/aromatic N) is 1. The summed E-state index contributed by atoms with van der Waals surface area (Å²) in [6.07, 6.45) is 3.46. The quantitative estimate of drug-likeness (QED) is 0.821. The van der Waals surface area contributed by atoms with Gasteiger partial charge in [-0.1, -0.05) is 0 Å². The highest BCUT2D eigenvalue weighted by Gasteiger charge is 2.23. The van der Waals surface area contributed by atoms with Gasteiger partial charge in [-0.2, -0.15) is 0 Å². The van der Waals surface area contributed by atoms with Gasteiger partial charge in [0.05, 0.1) is 12.8 Å². The number of anilines is 2. The van der Waals surface area contributed by atoms with Crippen molar-refractivity contribution in [2.75, 3.05) is 23.9 Å². The Morgan fingerprint density at radius 3 is 2.79 bits per heavy atom. The highest BCUT2D eigenvalue weighted by atomic mass is 35.5. The molecule has 1 unspecified atom stereocenters. The first-order valence-corrected chi connectivity index (χ1v) is 8.05. The van der Waals surface area contributed by atoms with Crippen molar-refractivity contribution in [3.05, 3.63) is 18.2 Å². The van der Waals surface area contributed by atoms with Gasteiger partial charge in [0.1, 0.15) is 5.75 Å². The predicted octanol–water partition coefficient (Wildman–Crippen LogP) is 2.70. The number of nitrogens with one attached hydrogen (secondary N) is 1. The fourth-order valence-corrected chi connectivity index (χ4v) is 2.62. The normalized spacial score (nSPS) is 15.5. The smallest absolute Gasteiger partial charge is 0.227 e. The van der Waals surface area contributed by atoms with Crippen molar-refractivity contribution >= 4 is 35.6 Å². The first-order valence-electron chi connectivity index (χ1n) is 8.05. The fraction of sp³-hybridized carbons (Fsp3) is 0.529. The van der Waals surface area contributed by atoms with Crippen molar-refractivity contribution in [2.24, 2.45) is 5.73 Å². The van der Waals surface area contributed by atoms with E-state index >= 15 is 0 Å². The third-order valence-electron chi connectivity index (χ3n) is 3.90. The number of hydrogen-bond acceptors (Lipinski definition) is 4. The molecule has 2 rings (SSSR count). The monoisotopic (exact) mass is 355 g/mol. The number of piperidine rings is 1. The number of halogens is 1. The lowest BCUT2D eigenvalue weighted by Gasteiger charge is -2.28. The molecule has 1 atom stereocenters.